The molecule has 0 saturated carbocycles. The van der Waals surface area contributed by atoms with E-state index in [1.54, 1.807) is 0 Å². The van der Waals surface area contributed by atoms with E-state index < -0.39 is 6.10 Å². The van der Waals surface area contributed by atoms with Crippen molar-refractivity contribution in [2.24, 2.45) is 0 Å². The van der Waals surface area contributed by atoms with Crippen LogP contribution in [0.5, 0.6) is 0 Å². The number of rotatable bonds is 54. The van der Waals surface area contributed by atoms with Crippen LogP contribution in [0.25, 0.3) is 0 Å². The van der Waals surface area contributed by atoms with E-state index in [0.717, 1.165) is 77.0 Å². The maximum absolute atomic E-state index is 12.9. The summed E-state index contributed by atoms with van der Waals surface area (Å²) < 4.78 is 16.8. The van der Waals surface area contributed by atoms with Crippen molar-refractivity contribution >= 4 is 17.9 Å². The van der Waals surface area contributed by atoms with Gasteiger partial charge in [0.1, 0.15) is 13.2 Å². The van der Waals surface area contributed by atoms with E-state index in [2.05, 4.69) is 106 Å². The highest BCUT2D eigenvalue weighted by molar-refractivity contribution is 5.71. The van der Waals surface area contributed by atoms with Crippen LogP contribution >= 0.6 is 0 Å². The van der Waals surface area contributed by atoms with Crippen LogP contribution in [0.1, 0.15) is 290 Å². The van der Waals surface area contributed by atoms with E-state index in [4.69, 9.17) is 14.2 Å². The van der Waals surface area contributed by atoms with Crippen molar-refractivity contribution in [3.63, 3.8) is 0 Å². The van der Waals surface area contributed by atoms with Gasteiger partial charge >= 0.3 is 17.9 Å². The Kier molecular flexibility index (Phi) is 56.3. The van der Waals surface area contributed by atoms with Crippen LogP contribution < -0.4 is 0 Å². The van der Waals surface area contributed by atoms with Crippen molar-refractivity contribution in [2.75, 3.05) is 13.2 Å². The second-order valence-electron chi connectivity index (χ2n) is 19.9. The number of unbranched alkanes of at least 4 members (excludes halogenated alkanes) is 29. The molecule has 0 radical (unpaired) electrons. The van der Waals surface area contributed by atoms with Gasteiger partial charge in [-0.1, -0.05) is 247 Å². The summed E-state index contributed by atoms with van der Waals surface area (Å²) in [5.74, 6) is -0.958. The molecule has 0 aromatic rings. The zero-order chi connectivity index (χ0) is 51.4. The maximum atomic E-state index is 12.9. The highest BCUT2D eigenvalue weighted by atomic mass is 16.6. The zero-order valence-corrected chi connectivity index (χ0v) is 46.7. The topological polar surface area (TPSA) is 78.9 Å². The first-order valence-corrected chi connectivity index (χ1v) is 30.1. The van der Waals surface area contributed by atoms with E-state index in [1.165, 1.54) is 167 Å². The van der Waals surface area contributed by atoms with Gasteiger partial charge in [-0.3, -0.25) is 14.4 Å². The summed E-state index contributed by atoms with van der Waals surface area (Å²) in [5, 5.41) is 0. The Hall–Kier alpha value is -3.41. The number of hydrogen-bond donors (Lipinski definition) is 0. The lowest BCUT2D eigenvalue weighted by Crippen LogP contribution is -2.30. The molecule has 0 aromatic heterocycles. The Morgan fingerprint density at radius 1 is 0.296 bits per heavy atom. The molecular weight excluding hydrogens is 877 g/mol. The van der Waals surface area contributed by atoms with Crippen LogP contribution in [-0.4, -0.2) is 37.2 Å². The monoisotopic (exact) mass is 989 g/mol. The van der Waals surface area contributed by atoms with Gasteiger partial charge in [0, 0.05) is 19.3 Å². The first-order chi connectivity index (χ1) is 35.0. The molecule has 71 heavy (non-hydrogen) atoms. The highest BCUT2D eigenvalue weighted by Gasteiger charge is 2.19. The van der Waals surface area contributed by atoms with Crippen molar-refractivity contribution in [1.29, 1.82) is 0 Å². The van der Waals surface area contributed by atoms with Crippen LogP contribution in [0.3, 0.4) is 0 Å². The molecule has 1 unspecified atom stereocenters. The Labute approximate surface area is 439 Å². The summed E-state index contributed by atoms with van der Waals surface area (Å²) >= 11 is 0. The minimum Gasteiger partial charge on any atom is -0.462 e. The van der Waals surface area contributed by atoms with Gasteiger partial charge in [0.15, 0.2) is 6.10 Å². The first kappa shape index (κ1) is 67.6. The molecule has 0 bridgehead atoms. The van der Waals surface area contributed by atoms with Gasteiger partial charge in [0.05, 0.1) is 0 Å². The fourth-order valence-electron chi connectivity index (χ4n) is 8.35. The van der Waals surface area contributed by atoms with E-state index in [9.17, 15) is 14.4 Å². The smallest absolute Gasteiger partial charge is 0.306 e. The SMILES string of the molecule is CC/C=C\C/C=C\C/C=C\C/C=C\C/C=C\CCCC(=O)OCC(COC(=O)CCCCCCCCC/C=C\CCCCCCCCC)OC(=O)CCCCCCCCC/C=C\CCCCCCCCC. The van der Waals surface area contributed by atoms with Crippen molar-refractivity contribution in [2.45, 2.75) is 297 Å². The molecule has 1 atom stereocenters. The van der Waals surface area contributed by atoms with Gasteiger partial charge in [-0.25, -0.2) is 0 Å². The molecule has 0 N–H and O–H groups in total. The normalized spacial score (nSPS) is 12.7. The molecule has 0 saturated heterocycles. The second kappa shape index (κ2) is 59.2. The third-order valence-electron chi connectivity index (χ3n) is 12.9. The molecule has 0 rings (SSSR count). The minimum absolute atomic E-state index is 0.0975. The molecule has 0 amide bonds. The molecule has 0 aromatic carbocycles. The first-order valence-electron chi connectivity index (χ1n) is 30.1. The van der Waals surface area contributed by atoms with E-state index in [0.29, 0.717) is 19.3 Å². The van der Waals surface area contributed by atoms with E-state index in [-0.39, 0.29) is 37.5 Å². The highest BCUT2D eigenvalue weighted by Crippen LogP contribution is 2.15. The second-order valence-corrected chi connectivity index (χ2v) is 19.9. The van der Waals surface area contributed by atoms with Crippen molar-refractivity contribution in [3.8, 4) is 0 Å². The molecule has 6 nitrogen and oxygen atoms in total. The minimum atomic E-state index is -0.805. The van der Waals surface area contributed by atoms with Gasteiger partial charge in [0.2, 0.25) is 0 Å². The Morgan fingerprint density at radius 2 is 0.563 bits per heavy atom. The Morgan fingerprint density at radius 3 is 0.930 bits per heavy atom. The van der Waals surface area contributed by atoms with Gasteiger partial charge in [-0.2, -0.15) is 0 Å². The summed E-state index contributed by atoms with van der Waals surface area (Å²) in [7, 11) is 0. The fraction of sp³-hybridized carbons (Fsp3) is 0.738. The number of hydrogen-bond acceptors (Lipinski definition) is 6. The van der Waals surface area contributed by atoms with Crippen LogP contribution in [0.15, 0.2) is 85.1 Å². The van der Waals surface area contributed by atoms with Crippen LogP contribution in [0.2, 0.25) is 0 Å². The average Bonchev–Trinajstić information content (AvgIpc) is 3.37. The van der Waals surface area contributed by atoms with E-state index >= 15 is 0 Å². The fourth-order valence-corrected chi connectivity index (χ4v) is 8.35. The lowest BCUT2D eigenvalue weighted by atomic mass is 10.1. The number of ether oxygens (including phenoxy) is 3. The Balaban J connectivity index is 4.46. The lowest BCUT2D eigenvalue weighted by molar-refractivity contribution is -0.167. The number of esters is 3. The summed E-state index contributed by atoms with van der Waals surface area (Å²) in [6, 6.07) is 0. The van der Waals surface area contributed by atoms with Crippen molar-refractivity contribution in [1.82, 2.24) is 0 Å². The summed E-state index contributed by atoms with van der Waals surface area (Å²) in [5.41, 5.74) is 0. The summed E-state index contributed by atoms with van der Waals surface area (Å²) in [6.07, 6.45) is 77.2. The summed E-state index contributed by atoms with van der Waals surface area (Å²) in [6.45, 7) is 6.49. The van der Waals surface area contributed by atoms with E-state index in [1.807, 2.05) is 0 Å². The Bertz CT molecular complexity index is 1370. The molecule has 0 aliphatic rings. The molecule has 0 fully saturated rings. The van der Waals surface area contributed by atoms with Crippen molar-refractivity contribution < 1.29 is 28.6 Å². The standard InChI is InChI=1S/C65H112O6/c1-4-7-10-13-16-19-22-25-28-31-34-37-40-43-46-49-52-55-58-64(67)70-61-62(60-69-63(66)57-54-51-48-45-42-39-36-33-30-27-24-21-18-15-12-9-6-3)71-65(68)59-56-53-50-47-44-41-38-35-32-29-26-23-20-17-14-11-8-5-2/h9,12,18,21,27-32,36,39,45,48,62H,4-8,10-11,13-17,19-20,22-26,33-35,37-38,40-44,46-47,49-61H2,1-3H3/b12-9-,21-18-,30-27-,31-28-,32-29-,39-36-,48-45-. The van der Waals surface area contributed by atoms with Gasteiger partial charge in [-0.15, -0.1) is 0 Å². The molecular formula is C65H112O6. The molecule has 408 valence electrons. The van der Waals surface area contributed by atoms with Crippen LogP contribution in [0, 0.1) is 0 Å². The maximum Gasteiger partial charge on any atom is 0.306 e. The van der Waals surface area contributed by atoms with Gasteiger partial charge in [0.25, 0.3) is 0 Å². The third-order valence-corrected chi connectivity index (χ3v) is 12.9. The molecule has 6 heteroatoms. The third kappa shape index (κ3) is 57.4. The lowest BCUT2D eigenvalue weighted by Gasteiger charge is -2.18. The van der Waals surface area contributed by atoms with Crippen molar-refractivity contribution in [3.05, 3.63) is 85.1 Å². The number of carbonyl (C=O) groups excluding carboxylic acids is 3. The van der Waals surface area contributed by atoms with Gasteiger partial charge in [-0.05, 0) is 109 Å². The largest absolute Gasteiger partial charge is 0.462 e. The molecule has 0 heterocycles. The summed E-state index contributed by atoms with van der Waals surface area (Å²) in [4.78, 5) is 38.2. The van der Waals surface area contributed by atoms with Crippen LogP contribution in [-0.2, 0) is 28.6 Å². The molecule has 0 aliphatic heterocycles. The molecule has 0 aliphatic carbocycles. The zero-order valence-electron chi connectivity index (χ0n) is 46.7. The number of carbonyl (C=O) groups is 3. The number of allylic oxidation sites excluding steroid dienone is 14. The predicted octanol–water partition coefficient (Wildman–Crippen LogP) is 20.3. The average molecular weight is 990 g/mol. The quantitative estimate of drug-likeness (QED) is 0.0261. The molecule has 0 spiro atoms. The van der Waals surface area contributed by atoms with Crippen LogP contribution in [0.4, 0.5) is 0 Å². The predicted molar refractivity (Wildman–Crippen MR) is 307 cm³/mol. The van der Waals surface area contributed by atoms with Gasteiger partial charge < -0.3 is 14.2 Å².